The van der Waals surface area contributed by atoms with Crippen LogP contribution in [0.4, 0.5) is 0 Å². The van der Waals surface area contributed by atoms with Crippen LogP contribution in [0, 0.1) is 5.92 Å². The molecule has 0 saturated carbocycles. The number of rotatable bonds is 6. The van der Waals surface area contributed by atoms with E-state index in [1.807, 2.05) is 18.7 Å². The van der Waals surface area contributed by atoms with Crippen LogP contribution in [0.15, 0.2) is 0 Å². The maximum atomic E-state index is 11.7. The van der Waals surface area contributed by atoms with Crippen LogP contribution in [-0.4, -0.2) is 29.2 Å². The van der Waals surface area contributed by atoms with E-state index in [1.165, 1.54) is 0 Å². The van der Waals surface area contributed by atoms with Crippen LogP contribution >= 0.6 is 15.9 Å². The van der Waals surface area contributed by atoms with E-state index in [1.54, 1.807) is 0 Å². The summed E-state index contributed by atoms with van der Waals surface area (Å²) in [6.45, 7) is 7.80. The molecule has 0 fully saturated rings. The van der Waals surface area contributed by atoms with Crippen molar-refractivity contribution in [1.29, 1.82) is 0 Å². The minimum atomic E-state index is 0.176. The Morgan fingerprint density at radius 1 is 1.46 bits per heavy atom. The molecule has 0 N–H and O–H groups in total. The zero-order chi connectivity index (χ0) is 10.3. The van der Waals surface area contributed by atoms with Gasteiger partial charge in [-0.15, -0.1) is 0 Å². The summed E-state index contributed by atoms with van der Waals surface area (Å²) in [4.78, 5) is 13.7. The predicted octanol–water partition coefficient (Wildman–Crippen LogP) is 2.67. The molecule has 0 aliphatic rings. The van der Waals surface area contributed by atoms with Gasteiger partial charge >= 0.3 is 0 Å². The first-order valence-electron chi connectivity index (χ1n) is 5.02. The molecule has 13 heavy (non-hydrogen) atoms. The van der Waals surface area contributed by atoms with Gasteiger partial charge in [0.25, 0.3) is 0 Å². The van der Waals surface area contributed by atoms with Crippen LogP contribution in [0.3, 0.4) is 0 Å². The van der Waals surface area contributed by atoms with Crippen molar-refractivity contribution in [3.63, 3.8) is 0 Å². The van der Waals surface area contributed by atoms with E-state index >= 15 is 0 Å². The maximum Gasteiger partial charge on any atom is 0.225 e. The van der Waals surface area contributed by atoms with Crippen LogP contribution in [0.1, 0.15) is 33.6 Å². The lowest BCUT2D eigenvalue weighted by molar-refractivity contribution is -0.134. The molecule has 0 aromatic rings. The van der Waals surface area contributed by atoms with Gasteiger partial charge in [0.1, 0.15) is 0 Å². The summed E-state index contributed by atoms with van der Waals surface area (Å²) in [5.74, 6) is 0.473. The second-order valence-corrected chi connectivity index (χ2v) is 4.06. The first kappa shape index (κ1) is 12.9. The van der Waals surface area contributed by atoms with Crippen LogP contribution in [0.2, 0.25) is 0 Å². The molecule has 3 heteroatoms. The maximum absolute atomic E-state index is 11.7. The second kappa shape index (κ2) is 7.36. The van der Waals surface area contributed by atoms with Gasteiger partial charge in [-0.05, 0) is 19.8 Å². The van der Waals surface area contributed by atoms with Crippen molar-refractivity contribution in [3.05, 3.63) is 0 Å². The Morgan fingerprint density at radius 3 is 2.46 bits per heavy atom. The number of alkyl halides is 1. The highest BCUT2D eigenvalue weighted by atomic mass is 79.9. The lowest BCUT2D eigenvalue weighted by Gasteiger charge is -2.23. The molecule has 0 spiro atoms. The molecular formula is C10H20BrNO. The number of nitrogens with zero attached hydrogens (tertiary/aromatic N) is 1. The fraction of sp³-hybridized carbons (Fsp3) is 0.900. The van der Waals surface area contributed by atoms with Crippen molar-refractivity contribution in [3.8, 4) is 0 Å². The third kappa shape index (κ3) is 4.65. The summed E-state index contributed by atoms with van der Waals surface area (Å²) in [5, 5.41) is 0.970. The van der Waals surface area contributed by atoms with Crippen LogP contribution in [-0.2, 0) is 4.79 Å². The van der Waals surface area contributed by atoms with Crippen LogP contribution in [0.25, 0.3) is 0 Å². The van der Waals surface area contributed by atoms with Crippen molar-refractivity contribution in [2.75, 3.05) is 18.4 Å². The Hall–Kier alpha value is -0.0500. The Labute approximate surface area is 89.8 Å². The highest BCUT2D eigenvalue weighted by Crippen LogP contribution is 2.07. The van der Waals surface area contributed by atoms with Gasteiger partial charge in [-0.25, -0.2) is 0 Å². The molecule has 0 aromatic heterocycles. The average Bonchev–Trinajstić information content (AvgIpc) is 2.17. The molecule has 0 radical (unpaired) electrons. The number of carbonyl (C=O) groups is 1. The Balaban J connectivity index is 3.98. The largest absolute Gasteiger partial charge is 0.343 e. The third-order valence-electron chi connectivity index (χ3n) is 2.29. The van der Waals surface area contributed by atoms with Crippen molar-refractivity contribution >= 4 is 21.8 Å². The standard InChI is InChI=1S/C10H20BrNO/c1-4-9(3)10(13)12(5-2)8-6-7-11/h9H,4-8H2,1-3H3. The molecule has 0 saturated heterocycles. The number of amides is 1. The quantitative estimate of drug-likeness (QED) is 0.664. The number of hydrogen-bond donors (Lipinski definition) is 0. The smallest absolute Gasteiger partial charge is 0.225 e. The molecule has 0 aliphatic carbocycles. The van der Waals surface area contributed by atoms with Crippen molar-refractivity contribution in [2.45, 2.75) is 33.6 Å². The molecule has 0 rings (SSSR count). The van der Waals surface area contributed by atoms with Crippen molar-refractivity contribution in [2.24, 2.45) is 5.92 Å². The van der Waals surface area contributed by atoms with Crippen molar-refractivity contribution < 1.29 is 4.79 Å². The number of carbonyl (C=O) groups excluding carboxylic acids is 1. The van der Waals surface area contributed by atoms with E-state index in [2.05, 4.69) is 22.9 Å². The predicted molar refractivity (Wildman–Crippen MR) is 60.1 cm³/mol. The molecule has 1 atom stereocenters. The van der Waals surface area contributed by atoms with E-state index in [0.717, 1.165) is 31.3 Å². The van der Waals surface area contributed by atoms with Gasteiger partial charge in [-0.2, -0.15) is 0 Å². The van der Waals surface area contributed by atoms with Gasteiger partial charge in [-0.3, -0.25) is 4.79 Å². The summed E-state index contributed by atoms with van der Waals surface area (Å²) in [6.07, 6.45) is 1.97. The summed E-state index contributed by atoms with van der Waals surface area (Å²) < 4.78 is 0. The van der Waals surface area contributed by atoms with Gasteiger partial charge in [0.15, 0.2) is 0 Å². The minimum Gasteiger partial charge on any atom is -0.343 e. The van der Waals surface area contributed by atoms with Gasteiger partial charge in [0.2, 0.25) is 5.91 Å². The summed E-state index contributed by atoms with van der Waals surface area (Å²) in [7, 11) is 0. The highest BCUT2D eigenvalue weighted by molar-refractivity contribution is 9.09. The summed E-state index contributed by atoms with van der Waals surface area (Å²) in [6, 6.07) is 0. The molecule has 1 unspecified atom stereocenters. The Morgan fingerprint density at radius 2 is 2.08 bits per heavy atom. The summed E-state index contributed by atoms with van der Waals surface area (Å²) >= 11 is 3.37. The molecule has 0 aliphatic heterocycles. The zero-order valence-electron chi connectivity index (χ0n) is 8.85. The molecular weight excluding hydrogens is 230 g/mol. The molecule has 1 amide bonds. The van der Waals surface area contributed by atoms with Crippen molar-refractivity contribution in [1.82, 2.24) is 4.90 Å². The molecule has 0 heterocycles. The van der Waals surface area contributed by atoms with Crippen LogP contribution < -0.4 is 0 Å². The average molecular weight is 250 g/mol. The minimum absolute atomic E-state index is 0.176. The fourth-order valence-corrected chi connectivity index (χ4v) is 1.41. The molecule has 0 aromatic carbocycles. The van der Waals surface area contributed by atoms with E-state index in [9.17, 15) is 4.79 Å². The Bertz CT molecular complexity index is 150. The fourth-order valence-electron chi connectivity index (χ4n) is 1.16. The van der Waals surface area contributed by atoms with Gasteiger partial charge in [0, 0.05) is 24.3 Å². The Kier molecular flexibility index (Phi) is 7.33. The van der Waals surface area contributed by atoms with Gasteiger partial charge in [-0.1, -0.05) is 29.8 Å². The highest BCUT2D eigenvalue weighted by Gasteiger charge is 2.16. The lowest BCUT2D eigenvalue weighted by Crippen LogP contribution is -2.35. The van der Waals surface area contributed by atoms with E-state index in [4.69, 9.17) is 0 Å². The number of halogens is 1. The zero-order valence-corrected chi connectivity index (χ0v) is 10.4. The lowest BCUT2D eigenvalue weighted by atomic mass is 10.1. The number of hydrogen-bond acceptors (Lipinski definition) is 1. The normalized spacial score (nSPS) is 12.6. The van der Waals surface area contributed by atoms with Crippen LogP contribution in [0.5, 0.6) is 0 Å². The second-order valence-electron chi connectivity index (χ2n) is 3.27. The summed E-state index contributed by atoms with van der Waals surface area (Å²) in [5.41, 5.74) is 0. The topological polar surface area (TPSA) is 20.3 Å². The first-order valence-corrected chi connectivity index (χ1v) is 6.14. The first-order chi connectivity index (χ1) is 6.17. The van der Waals surface area contributed by atoms with Gasteiger partial charge < -0.3 is 4.90 Å². The third-order valence-corrected chi connectivity index (χ3v) is 2.85. The van der Waals surface area contributed by atoms with E-state index in [0.29, 0.717) is 5.91 Å². The van der Waals surface area contributed by atoms with E-state index < -0.39 is 0 Å². The molecule has 2 nitrogen and oxygen atoms in total. The van der Waals surface area contributed by atoms with E-state index in [-0.39, 0.29) is 5.92 Å². The monoisotopic (exact) mass is 249 g/mol. The SMILES string of the molecule is CCC(C)C(=O)N(CC)CCCBr. The molecule has 78 valence electrons. The van der Waals surface area contributed by atoms with Gasteiger partial charge in [0.05, 0.1) is 0 Å². The molecule has 0 bridgehead atoms.